The van der Waals surface area contributed by atoms with Crippen LogP contribution in [0.25, 0.3) is 10.9 Å². The second kappa shape index (κ2) is 7.96. The summed E-state index contributed by atoms with van der Waals surface area (Å²) in [6.45, 7) is 0.672. The molecule has 1 aliphatic heterocycles. The number of halogens is 1. The number of nitrogens with zero attached hydrogens (tertiary/aromatic N) is 2. The van der Waals surface area contributed by atoms with Crippen LogP contribution in [0.1, 0.15) is 35.0 Å². The van der Waals surface area contributed by atoms with E-state index in [1.165, 1.54) is 10.9 Å². The number of aryl methyl sites for hydroxylation is 1. The number of nitrogens with one attached hydrogen (secondary N) is 1. The molecule has 0 spiro atoms. The molecular formula is C25H22ClN3O. The van der Waals surface area contributed by atoms with Crippen molar-refractivity contribution in [3.8, 4) is 0 Å². The first-order valence-electron chi connectivity index (χ1n) is 10.3. The molecule has 4 aromatic rings. The number of hydrogen-bond acceptors (Lipinski definition) is 2. The summed E-state index contributed by atoms with van der Waals surface area (Å²) in [4.78, 5) is 23.2. The Labute approximate surface area is 180 Å². The van der Waals surface area contributed by atoms with Gasteiger partial charge in [-0.15, -0.1) is 0 Å². The van der Waals surface area contributed by atoms with Gasteiger partial charge in [0.1, 0.15) is 0 Å². The van der Waals surface area contributed by atoms with Gasteiger partial charge in [-0.25, -0.2) is 0 Å². The lowest BCUT2D eigenvalue weighted by Crippen LogP contribution is -2.40. The summed E-state index contributed by atoms with van der Waals surface area (Å²) < 4.78 is 0. The zero-order chi connectivity index (χ0) is 20.5. The smallest absolute Gasteiger partial charge is 0.223 e. The first-order chi connectivity index (χ1) is 14.7. The van der Waals surface area contributed by atoms with Gasteiger partial charge >= 0.3 is 0 Å². The molecule has 0 aliphatic carbocycles. The van der Waals surface area contributed by atoms with Gasteiger partial charge in [0.05, 0.1) is 6.04 Å². The molecule has 2 aromatic carbocycles. The van der Waals surface area contributed by atoms with E-state index in [0.29, 0.717) is 24.4 Å². The monoisotopic (exact) mass is 415 g/mol. The fourth-order valence-electron chi connectivity index (χ4n) is 4.45. The number of benzene rings is 2. The predicted octanol–water partition coefficient (Wildman–Crippen LogP) is 5.32. The van der Waals surface area contributed by atoms with Gasteiger partial charge in [0, 0.05) is 46.5 Å². The molecule has 0 fully saturated rings. The van der Waals surface area contributed by atoms with E-state index in [9.17, 15) is 4.79 Å². The van der Waals surface area contributed by atoms with Crippen molar-refractivity contribution in [2.45, 2.75) is 25.3 Å². The number of para-hydroxylation sites is 1. The highest BCUT2D eigenvalue weighted by atomic mass is 35.5. The number of fused-ring (bicyclic) bond motifs is 3. The maximum absolute atomic E-state index is 13.3. The highest BCUT2D eigenvalue weighted by Crippen LogP contribution is 2.40. The first-order valence-corrected chi connectivity index (χ1v) is 10.6. The summed E-state index contributed by atoms with van der Waals surface area (Å²) in [7, 11) is 0. The Hall–Kier alpha value is -3.11. The molecule has 0 radical (unpaired) electrons. The number of H-pyrrole nitrogens is 1. The topological polar surface area (TPSA) is 49.0 Å². The minimum Gasteiger partial charge on any atom is -0.356 e. The molecule has 4 nitrogen and oxygen atoms in total. The van der Waals surface area contributed by atoms with E-state index in [2.05, 4.69) is 28.2 Å². The lowest BCUT2D eigenvalue weighted by atomic mass is 9.92. The van der Waals surface area contributed by atoms with E-state index in [0.717, 1.165) is 28.9 Å². The zero-order valence-corrected chi connectivity index (χ0v) is 17.3. The summed E-state index contributed by atoms with van der Waals surface area (Å²) in [6, 6.07) is 21.7. The molecule has 150 valence electrons. The third kappa shape index (κ3) is 3.37. The van der Waals surface area contributed by atoms with E-state index < -0.39 is 0 Å². The van der Waals surface area contributed by atoms with E-state index in [-0.39, 0.29) is 11.9 Å². The number of hydrogen-bond donors (Lipinski definition) is 1. The number of aromatic nitrogens is 2. The highest BCUT2D eigenvalue weighted by Gasteiger charge is 2.35. The minimum atomic E-state index is -0.217. The maximum Gasteiger partial charge on any atom is 0.223 e. The molecule has 1 N–H and O–H groups in total. The predicted molar refractivity (Wildman–Crippen MR) is 120 cm³/mol. The second-order valence-electron chi connectivity index (χ2n) is 7.65. The number of carbonyl (C=O) groups is 1. The molecule has 1 amide bonds. The molecule has 0 unspecified atom stereocenters. The number of carbonyl (C=O) groups excluding carboxylic acids is 1. The lowest BCUT2D eigenvalue weighted by Gasteiger charge is -2.36. The Bertz CT molecular complexity index is 1200. The van der Waals surface area contributed by atoms with Crippen molar-refractivity contribution in [2.24, 2.45) is 0 Å². The number of rotatable bonds is 4. The summed E-state index contributed by atoms with van der Waals surface area (Å²) in [6.07, 6.45) is 3.65. The average molecular weight is 416 g/mol. The number of aromatic amines is 1. The van der Waals surface area contributed by atoms with Crippen molar-refractivity contribution in [2.75, 3.05) is 6.54 Å². The fourth-order valence-corrected chi connectivity index (χ4v) is 4.69. The van der Waals surface area contributed by atoms with Gasteiger partial charge in [0.25, 0.3) is 0 Å². The summed E-state index contributed by atoms with van der Waals surface area (Å²) in [5, 5.41) is 1.90. The van der Waals surface area contributed by atoms with Crippen LogP contribution in [0, 0.1) is 0 Å². The Balaban J connectivity index is 1.53. The van der Waals surface area contributed by atoms with E-state index >= 15 is 0 Å². The van der Waals surface area contributed by atoms with Crippen molar-refractivity contribution < 1.29 is 4.79 Å². The van der Waals surface area contributed by atoms with Gasteiger partial charge in [-0.05, 0) is 48.2 Å². The van der Waals surface area contributed by atoms with Gasteiger partial charge in [-0.2, -0.15) is 0 Å². The van der Waals surface area contributed by atoms with Crippen molar-refractivity contribution in [1.29, 1.82) is 0 Å². The maximum atomic E-state index is 13.3. The molecular weight excluding hydrogens is 394 g/mol. The summed E-state index contributed by atoms with van der Waals surface area (Å²) in [5.41, 5.74) is 5.34. The van der Waals surface area contributed by atoms with Crippen molar-refractivity contribution in [3.63, 3.8) is 0 Å². The molecule has 5 rings (SSSR count). The number of pyridine rings is 1. The fraction of sp³-hybridized carbons (Fsp3) is 0.200. The van der Waals surface area contributed by atoms with E-state index in [4.69, 9.17) is 11.6 Å². The standard InChI is InChI=1S/C25H22ClN3O/c26-21-10-3-1-9-20(21)25-24-19(18-8-2-4-11-22(18)28-24)14-16-29(25)23(30)13-12-17-7-5-6-15-27-17/h1-11,15,25,28H,12-14,16H2/t25-/m1/s1. The molecule has 0 saturated heterocycles. The molecule has 2 aromatic heterocycles. The zero-order valence-electron chi connectivity index (χ0n) is 16.5. The molecule has 1 aliphatic rings. The van der Waals surface area contributed by atoms with E-state index in [1.54, 1.807) is 6.20 Å². The third-order valence-corrected chi connectivity index (χ3v) is 6.22. The molecule has 5 heteroatoms. The summed E-state index contributed by atoms with van der Waals surface area (Å²) >= 11 is 6.60. The summed E-state index contributed by atoms with van der Waals surface area (Å²) in [5.74, 6) is 0.120. The van der Waals surface area contributed by atoms with Crippen LogP contribution >= 0.6 is 11.6 Å². The van der Waals surface area contributed by atoms with Crippen LogP contribution in [0.15, 0.2) is 72.9 Å². The van der Waals surface area contributed by atoms with Gasteiger partial charge in [-0.1, -0.05) is 54.1 Å². The minimum absolute atomic E-state index is 0.120. The average Bonchev–Trinajstić information content (AvgIpc) is 3.17. The Kier molecular flexibility index (Phi) is 5.01. The van der Waals surface area contributed by atoms with Crippen LogP contribution in [0.2, 0.25) is 5.02 Å². The molecule has 3 heterocycles. The Morgan fingerprint density at radius 2 is 1.87 bits per heavy atom. The largest absolute Gasteiger partial charge is 0.356 e. The van der Waals surface area contributed by atoms with Crippen LogP contribution in [0.5, 0.6) is 0 Å². The number of amides is 1. The molecule has 1 atom stereocenters. The van der Waals surface area contributed by atoms with Crippen LogP contribution in [-0.2, 0) is 17.6 Å². The normalized spacial score (nSPS) is 15.9. The van der Waals surface area contributed by atoms with Gasteiger partial charge in [0.2, 0.25) is 5.91 Å². The van der Waals surface area contributed by atoms with Crippen LogP contribution in [0.4, 0.5) is 0 Å². The lowest BCUT2D eigenvalue weighted by molar-refractivity contribution is -0.133. The van der Waals surface area contributed by atoms with Crippen LogP contribution in [-0.4, -0.2) is 27.3 Å². The Morgan fingerprint density at radius 1 is 1.07 bits per heavy atom. The quantitative estimate of drug-likeness (QED) is 0.490. The molecule has 0 bridgehead atoms. The van der Waals surface area contributed by atoms with Gasteiger partial charge in [0.15, 0.2) is 0 Å². The SMILES string of the molecule is O=C(CCc1ccccn1)N1CCc2c([nH]c3ccccc23)[C@H]1c1ccccc1Cl. The van der Waals surface area contributed by atoms with Crippen LogP contribution in [0.3, 0.4) is 0 Å². The second-order valence-corrected chi connectivity index (χ2v) is 8.05. The van der Waals surface area contributed by atoms with Crippen molar-refractivity contribution in [3.05, 3.63) is 100 Å². The highest BCUT2D eigenvalue weighted by molar-refractivity contribution is 6.31. The Morgan fingerprint density at radius 3 is 2.70 bits per heavy atom. The van der Waals surface area contributed by atoms with Gasteiger partial charge < -0.3 is 9.88 Å². The first kappa shape index (κ1) is 18.9. The third-order valence-electron chi connectivity index (χ3n) is 5.88. The molecule has 30 heavy (non-hydrogen) atoms. The van der Waals surface area contributed by atoms with E-state index in [1.807, 2.05) is 53.4 Å². The van der Waals surface area contributed by atoms with Gasteiger partial charge in [-0.3, -0.25) is 9.78 Å². The molecule has 0 saturated carbocycles. The van der Waals surface area contributed by atoms with Crippen molar-refractivity contribution in [1.82, 2.24) is 14.9 Å². The van der Waals surface area contributed by atoms with Crippen LogP contribution < -0.4 is 0 Å². The van der Waals surface area contributed by atoms with Crippen molar-refractivity contribution >= 4 is 28.4 Å².